The molecule has 12 heavy (non-hydrogen) atoms. The number of carbonyl (C=O) groups excluding carboxylic acids is 2. The molecule has 0 aromatic rings. The number of aliphatic carboxylic acids is 1. The Labute approximate surface area is 69.8 Å². The van der Waals surface area contributed by atoms with E-state index in [1.807, 2.05) is 0 Å². The Morgan fingerprint density at radius 1 is 1.33 bits per heavy atom. The average Bonchev–Trinajstić information content (AvgIpc) is 2.00. The molecule has 0 aromatic carbocycles. The predicted octanol–water partition coefficient (Wildman–Crippen LogP) is -0.533. The highest BCUT2D eigenvalue weighted by molar-refractivity contribution is 5.78. The molecule has 0 spiro atoms. The molecule has 0 fully saturated rings. The largest absolute Gasteiger partial charge is 0.481 e. The third-order valence-electron chi connectivity index (χ3n) is 1.15. The highest BCUT2D eigenvalue weighted by Gasteiger charge is 2.02. The molecule has 0 atom stereocenters. The summed E-state index contributed by atoms with van der Waals surface area (Å²) in [6.45, 7) is -0.133. The fourth-order valence-corrected chi connectivity index (χ4v) is 0.623. The first kappa shape index (κ1) is 10.6. The van der Waals surface area contributed by atoms with Crippen LogP contribution in [-0.4, -0.2) is 29.8 Å². The molecule has 0 aromatic heterocycles. The number of carboxylic acid groups (broad SMARTS) is 1. The van der Waals surface area contributed by atoms with Crippen LogP contribution < -0.4 is 5.32 Å². The van der Waals surface area contributed by atoms with Gasteiger partial charge in [-0.3, -0.25) is 14.4 Å². The molecular formula is C7H10NO4. The molecule has 0 rings (SSSR count). The van der Waals surface area contributed by atoms with Gasteiger partial charge in [-0.1, -0.05) is 0 Å². The average molecular weight is 172 g/mol. The normalized spacial score (nSPS) is 9.00. The van der Waals surface area contributed by atoms with Crippen LogP contribution >= 0.6 is 0 Å². The topological polar surface area (TPSA) is 83.5 Å². The van der Waals surface area contributed by atoms with E-state index >= 15 is 0 Å². The highest BCUT2D eigenvalue weighted by Crippen LogP contribution is 1.94. The summed E-state index contributed by atoms with van der Waals surface area (Å²) in [4.78, 5) is 30.4. The fourth-order valence-electron chi connectivity index (χ4n) is 0.623. The molecule has 0 saturated heterocycles. The second-order valence-corrected chi connectivity index (χ2v) is 2.17. The van der Waals surface area contributed by atoms with E-state index in [9.17, 15) is 14.4 Å². The van der Waals surface area contributed by atoms with Gasteiger partial charge < -0.3 is 10.4 Å². The van der Waals surface area contributed by atoms with E-state index in [-0.39, 0.29) is 25.3 Å². The summed E-state index contributed by atoms with van der Waals surface area (Å²) in [5.74, 6) is -1.25. The van der Waals surface area contributed by atoms with Crippen LogP contribution in [0.4, 0.5) is 0 Å². The van der Waals surface area contributed by atoms with Crippen molar-refractivity contribution in [3.8, 4) is 0 Å². The fraction of sp³-hybridized carbons (Fsp3) is 0.571. The van der Waals surface area contributed by atoms with Crippen molar-refractivity contribution < 1.29 is 19.5 Å². The summed E-state index contributed by atoms with van der Waals surface area (Å²) in [5, 5.41) is 10.5. The smallest absolute Gasteiger partial charge is 0.303 e. The standard InChI is InChI=1S/C7H10NO4/c9-5-4-8-6(10)2-1-3-7(11)12/h1-4H2,(H,8,10)(H,11,12). The van der Waals surface area contributed by atoms with Gasteiger partial charge in [0.2, 0.25) is 12.2 Å². The zero-order valence-corrected chi connectivity index (χ0v) is 6.50. The molecule has 5 heteroatoms. The third-order valence-corrected chi connectivity index (χ3v) is 1.15. The number of amides is 1. The number of carbonyl (C=O) groups is 2. The molecule has 0 heterocycles. The van der Waals surface area contributed by atoms with E-state index in [4.69, 9.17) is 5.11 Å². The lowest BCUT2D eigenvalue weighted by atomic mass is 10.2. The molecule has 67 valence electrons. The molecule has 0 bridgehead atoms. The first-order chi connectivity index (χ1) is 5.66. The van der Waals surface area contributed by atoms with Crippen molar-refractivity contribution in [2.24, 2.45) is 0 Å². The van der Waals surface area contributed by atoms with Gasteiger partial charge in [-0.15, -0.1) is 0 Å². The Balaban J connectivity index is 3.31. The highest BCUT2D eigenvalue weighted by atomic mass is 16.4. The van der Waals surface area contributed by atoms with Crippen LogP contribution in [-0.2, 0) is 14.4 Å². The van der Waals surface area contributed by atoms with Gasteiger partial charge in [-0.2, -0.15) is 0 Å². The summed E-state index contributed by atoms with van der Waals surface area (Å²) < 4.78 is 0. The summed E-state index contributed by atoms with van der Waals surface area (Å²) in [6, 6.07) is 0. The minimum atomic E-state index is -0.926. The molecular weight excluding hydrogens is 162 g/mol. The number of nitrogens with one attached hydrogen (secondary N) is 1. The second kappa shape index (κ2) is 6.33. The van der Waals surface area contributed by atoms with Gasteiger partial charge in [-0.05, 0) is 6.42 Å². The number of carboxylic acids is 1. The molecule has 0 aliphatic rings. The Hall–Kier alpha value is -1.39. The van der Waals surface area contributed by atoms with Gasteiger partial charge in [-0.25, -0.2) is 0 Å². The summed E-state index contributed by atoms with van der Waals surface area (Å²) >= 11 is 0. The van der Waals surface area contributed by atoms with E-state index < -0.39 is 5.97 Å². The summed E-state index contributed by atoms with van der Waals surface area (Å²) in [6.07, 6.45) is 1.89. The monoisotopic (exact) mass is 172 g/mol. The van der Waals surface area contributed by atoms with Gasteiger partial charge in [0, 0.05) is 12.8 Å². The second-order valence-electron chi connectivity index (χ2n) is 2.17. The molecule has 1 radical (unpaired) electrons. The molecule has 0 saturated carbocycles. The van der Waals surface area contributed by atoms with Crippen molar-refractivity contribution in [1.29, 1.82) is 0 Å². The Kier molecular flexibility index (Phi) is 5.60. The lowest BCUT2D eigenvalue weighted by Crippen LogP contribution is -2.24. The quantitative estimate of drug-likeness (QED) is 0.564. The van der Waals surface area contributed by atoms with Crippen molar-refractivity contribution in [2.75, 3.05) is 6.54 Å². The van der Waals surface area contributed by atoms with E-state index in [1.54, 1.807) is 0 Å². The van der Waals surface area contributed by atoms with Crippen LogP contribution in [0, 0.1) is 0 Å². The van der Waals surface area contributed by atoms with Gasteiger partial charge >= 0.3 is 5.97 Å². The Bertz CT molecular complexity index is 178. The van der Waals surface area contributed by atoms with E-state index in [1.165, 1.54) is 6.29 Å². The lowest BCUT2D eigenvalue weighted by Gasteiger charge is -1.98. The summed E-state index contributed by atoms with van der Waals surface area (Å²) in [7, 11) is 0. The SMILES string of the molecule is O=[C]CNC(=O)CCCC(=O)O. The number of hydrogen-bond donors (Lipinski definition) is 2. The zero-order valence-electron chi connectivity index (χ0n) is 6.50. The van der Waals surface area contributed by atoms with Crippen LogP contribution in [0.1, 0.15) is 19.3 Å². The van der Waals surface area contributed by atoms with Crippen LogP contribution in [0.5, 0.6) is 0 Å². The van der Waals surface area contributed by atoms with Gasteiger partial charge in [0.25, 0.3) is 0 Å². The molecule has 1 amide bonds. The number of hydrogen-bond acceptors (Lipinski definition) is 3. The van der Waals surface area contributed by atoms with Crippen LogP contribution in [0.3, 0.4) is 0 Å². The maximum Gasteiger partial charge on any atom is 0.303 e. The maximum absolute atomic E-state index is 10.7. The molecule has 0 aliphatic heterocycles. The van der Waals surface area contributed by atoms with Crippen LogP contribution in [0.2, 0.25) is 0 Å². The first-order valence-electron chi connectivity index (χ1n) is 3.50. The van der Waals surface area contributed by atoms with Crippen molar-refractivity contribution in [2.45, 2.75) is 19.3 Å². The third kappa shape index (κ3) is 6.73. The van der Waals surface area contributed by atoms with E-state index in [2.05, 4.69) is 5.32 Å². The minimum Gasteiger partial charge on any atom is -0.481 e. The van der Waals surface area contributed by atoms with Crippen molar-refractivity contribution in [3.05, 3.63) is 0 Å². The number of rotatable bonds is 6. The van der Waals surface area contributed by atoms with Crippen molar-refractivity contribution >= 4 is 18.2 Å². The van der Waals surface area contributed by atoms with E-state index in [0.717, 1.165) is 0 Å². The zero-order chi connectivity index (χ0) is 9.40. The van der Waals surface area contributed by atoms with Gasteiger partial charge in [0.15, 0.2) is 0 Å². The van der Waals surface area contributed by atoms with Gasteiger partial charge in [0.05, 0.1) is 6.54 Å². The van der Waals surface area contributed by atoms with Gasteiger partial charge in [0.1, 0.15) is 0 Å². The van der Waals surface area contributed by atoms with Crippen LogP contribution in [0.25, 0.3) is 0 Å². The van der Waals surface area contributed by atoms with Crippen LogP contribution in [0.15, 0.2) is 0 Å². The lowest BCUT2D eigenvalue weighted by molar-refractivity contribution is -0.137. The maximum atomic E-state index is 10.7. The van der Waals surface area contributed by atoms with Crippen molar-refractivity contribution in [3.63, 3.8) is 0 Å². The molecule has 5 nitrogen and oxygen atoms in total. The Morgan fingerprint density at radius 2 is 2.00 bits per heavy atom. The Morgan fingerprint density at radius 3 is 2.50 bits per heavy atom. The summed E-state index contributed by atoms with van der Waals surface area (Å²) in [5.41, 5.74) is 0. The predicted molar refractivity (Wildman–Crippen MR) is 40.2 cm³/mol. The van der Waals surface area contributed by atoms with E-state index in [0.29, 0.717) is 6.42 Å². The first-order valence-corrected chi connectivity index (χ1v) is 3.50. The molecule has 0 aliphatic carbocycles. The molecule has 0 unspecified atom stereocenters. The minimum absolute atomic E-state index is 0.0295. The molecule has 2 N–H and O–H groups in total. The van der Waals surface area contributed by atoms with Crippen molar-refractivity contribution in [1.82, 2.24) is 5.32 Å².